The summed E-state index contributed by atoms with van der Waals surface area (Å²) in [6.45, 7) is 3.58. The number of ether oxygens (including phenoxy) is 1. The number of aliphatic hydroxyl groups excluding tert-OH is 1. The molecule has 0 radical (unpaired) electrons. The molecule has 0 amide bonds. The second-order valence-corrected chi connectivity index (χ2v) is 12.2. The summed E-state index contributed by atoms with van der Waals surface area (Å²) >= 11 is 1.97. The minimum absolute atomic E-state index is 0.103. The molecule has 3 rings (SSSR count). The van der Waals surface area contributed by atoms with Gasteiger partial charge in [-0.05, 0) is 6.92 Å². The Morgan fingerprint density at radius 2 is 1.81 bits per heavy atom. The topological polar surface area (TPSA) is 197 Å². The van der Waals surface area contributed by atoms with Crippen molar-refractivity contribution in [1.82, 2.24) is 9.97 Å². The Kier molecular flexibility index (Phi) is 9.94. The zero-order chi connectivity index (χ0) is 26.5. The average molecular weight is 567 g/mol. The highest BCUT2D eigenvalue weighted by molar-refractivity contribution is 8.13. The number of fused-ring (bicyclic) bond motifs is 1. The number of rotatable bonds is 12. The summed E-state index contributed by atoms with van der Waals surface area (Å²) in [6, 6.07) is 0. The normalized spacial score (nSPS) is 24.4. The van der Waals surface area contributed by atoms with E-state index in [-0.39, 0.29) is 46.4 Å². The summed E-state index contributed by atoms with van der Waals surface area (Å²) in [6.07, 6.45) is -0.784. The number of anilines is 1. The van der Waals surface area contributed by atoms with Gasteiger partial charge in [0, 0.05) is 25.4 Å². The van der Waals surface area contributed by atoms with Crippen molar-refractivity contribution in [2.75, 3.05) is 37.1 Å². The van der Waals surface area contributed by atoms with Gasteiger partial charge in [0.2, 0.25) is 12.2 Å². The Labute approximate surface area is 215 Å². The van der Waals surface area contributed by atoms with Crippen LogP contribution in [0, 0.1) is 0 Å². The van der Waals surface area contributed by atoms with Gasteiger partial charge in [-0.25, -0.2) is 14.5 Å². The molecule has 0 saturated carbocycles. The van der Waals surface area contributed by atoms with Crippen LogP contribution in [0.5, 0.6) is 0 Å². The third-order valence-corrected chi connectivity index (χ3v) is 8.26. The molecule has 1 aliphatic heterocycles. The first-order chi connectivity index (χ1) is 16.9. The van der Waals surface area contributed by atoms with Gasteiger partial charge in [0.15, 0.2) is 33.3 Å². The molecular formula is C20H29N3O10PS2+. The largest absolute Gasteiger partial charge is 0.475 e. The lowest BCUT2D eigenvalue weighted by Crippen LogP contribution is -2.43. The summed E-state index contributed by atoms with van der Waals surface area (Å²) in [5.74, 6) is 0.561. The average Bonchev–Trinajstić information content (AvgIpc) is 3.33. The lowest BCUT2D eigenvalue weighted by atomic mass is 9.89. The maximum atomic E-state index is 13.2. The monoisotopic (exact) mass is 566 g/mol. The third kappa shape index (κ3) is 7.05. The van der Waals surface area contributed by atoms with Gasteiger partial charge in [-0.2, -0.15) is 0 Å². The van der Waals surface area contributed by atoms with E-state index in [1.54, 1.807) is 0 Å². The van der Waals surface area contributed by atoms with Crippen molar-refractivity contribution in [2.45, 2.75) is 44.7 Å². The Morgan fingerprint density at radius 1 is 1.19 bits per heavy atom. The summed E-state index contributed by atoms with van der Waals surface area (Å²) in [5, 5.41) is 21.6. The van der Waals surface area contributed by atoms with Gasteiger partial charge in [-0.1, -0.05) is 23.5 Å². The van der Waals surface area contributed by atoms with Crippen molar-refractivity contribution in [1.29, 1.82) is 0 Å². The van der Waals surface area contributed by atoms with E-state index < -0.39 is 38.3 Å². The number of furan rings is 1. The minimum atomic E-state index is -4.14. The predicted octanol–water partition coefficient (Wildman–Crippen LogP) is 1.59. The number of thioether (sulfide) groups is 2. The number of phosphoric acid groups is 1. The molecule has 0 spiro atoms. The minimum Gasteiger partial charge on any atom is -0.458 e. The van der Waals surface area contributed by atoms with Crippen LogP contribution in [0.2, 0.25) is 0 Å². The van der Waals surface area contributed by atoms with Gasteiger partial charge in [0.25, 0.3) is 0 Å². The molecule has 5 N–H and O–H groups in total. The summed E-state index contributed by atoms with van der Waals surface area (Å²) in [7, 11) is -4.14. The first-order valence-electron chi connectivity index (χ1n) is 10.8. The second kappa shape index (κ2) is 12.3. The number of carbonyl (C=O) groups excluding carboxylic acids is 2. The SMILES string of the molecule is CC(=O)SCCOP(=O)(OCCSC(C)=O)OC[C@H]1[OH+][C@@H](c2coc3c(N)ncnc23)[C@](C)(O)[C@@H]1O. The number of carbonyl (C=O) groups is 2. The van der Waals surface area contributed by atoms with E-state index in [1.807, 2.05) is 0 Å². The highest BCUT2D eigenvalue weighted by Crippen LogP contribution is 2.51. The van der Waals surface area contributed by atoms with Gasteiger partial charge in [0.05, 0.1) is 18.8 Å². The zero-order valence-corrected chi connectivity index (χ0v) is 22.4. The van der Waals surface area contributed by atoms with Crippen LogP contribution in [0.1, 0.15) is 32.4 Å². The van der Waals surface area contributed by atoms with Gasteiger partial charge >= 0.3 is 7.82 Å². The fourth-order valence-corrected chi connectivity index (χ4v) is 5.88. The molecule has 200 valence electrons. The van der Waals surface area contributed by atoms with Gasteiger partial charge in [-0.15, -0.1) is 0 Å². The quantitative estimate of drug-likeness (QED) is 0.190. The Balaban J connectivity index is 1.69. The molecule has 0 aromatic carbocycles. The number of nitrogens with two attached hydrogens (primary N) is 1. The van der Waals surface area contributed by atoms with Crippen molar-refractivity contribution in [3.63, 3.8) is 0 Å². The fourth-order valence-electron chi connectivity index (χ4n) is 3.53. The van der Waals surface area contributed by atoms with E-state index in [9.17, 15) is 24.4 Å². The van der Waals surface area contributed by atoms with E-state index in [1.165, 1.54) is 33.4 Å². The van der Waals surface area contributed by atoms with Crippen LogP contribution in [0.15, 0.2) is 17.0 Å². The van der Waals surface area contributed by atoms with Crippen LogP contribution in [0.4, 0.5) is 5.82 Å². The molecule has 36 heavy (non-hydrogen) atoms. The Bertz CT molecular complexity index is 1100. The maximum absolute atomic E-state index is 13.2. The summed E-state index contributed by atoms with van der Waals surface area (Å²) < 4.78 is 39.2. The van der Waals surface area contributed by atoms with E-state index in [0.717, 1.165) is 23.5 Å². The third-order valence-electron chi connectivity index (χ3n) is 5.24. The molecule has 1 saturated heterocycles. The molecule has 3 heterocycles. The van der Waals surface area contributed by atoms with Crippen molar-refractivity contribution in [3.8, 4) is 0 Å². The van der Waals surface area contributed by atoms with E-state index in [2.05, 4.69) is 14.7 Å². The number of aliphatic hydroxyl groups is 4. The van der Waals surface area contributed by atoms with Crippen LogP contribution in [0.25, 0.3) is 11.1 Å². The molecule has 2 aromatic heterocycles. The van der Waals surface area contributed by atoms with Gasteiger partial charge in [0.1, 0.15) is 24.7 Å². The van der Waals surface area contributed by atoms with Crippen LogP contribution < -0.4 is 5.73 Å². The van der Waals surface area contributed by atoms with Crippen LogP contribution >= 0.6 is 31.3 Å². The highest BCUT2D eigenvalue weighted by atomic mass is 32.2. The smallest absolute Gasteiger partial charge is 0.458 e. The number of nitrogens with zero attached hydrogens (tertiary/aromatic N) is 2. The van der Waals surface area contributed by atoms with E-state index in [0.29, 0.717) is 11.1 Å². The first-order valence-corrected chi connectivity index (χ1v) is 14.3. The number of phosphoric ester groups is 1. The molecule has 0 bridgehead atoms. The van der Waals surface area contributed by atoms with Crippen LogP contribution in [0.3, 0.4) is 0 Å². The molecule has 16 heteroatoms. The molecule has 13 nitrogen and oxygen atoms in total. The number of aromatic nitrogens is 2. The first kappa shape index (κ1) is 29.0. The van der Waals surface area contributed by atoms with Crippen molar-refractivity contribution >= 4 is 58.5 Å². The number of hydrogen-bond acceptors (Lipinski definition) is 14. The lowest BCUT2D eigenvalue weighted by Gasteiger charge is -2.21. The van der Waals surface area contributed by atoms with Crippen molar-refractivity contribution < 1.29 is 47.1 Å². The molecular weight excluding hydrogens is 537 g/mol. The summed E-state index contributed by atoms with van der Waals surface area (Å²) in [5.41, 5.74) is 5.03. The predicted molar refractivity (Wildman–Crippen MR) is 133 cm³/mol. The molecule has 2 aromatic rings. The maximum Gasteiger partial charge on any atom is 0.475 e. The van der Waals surface area contributed by atoms with E-state index in [4.69, 9.17) is 23.7 Å². The lowest BCUT2D eigenvalue weighted by molar-refractivity contribution is -0.163. The Hall–Kier alpha value is -1.55. The van der Waals surface area contributed by atoms with Crippen molar-refractivity contribution in [2.24, 2.45) is 0 Å². The standard InChI is InChI=1S/C20H28N3O10PS2/c1-11(24)35-6-4-30-34(28,31-5-7-36-12(2)25)32-9-14-17(26)20(3,27)18(33-14)13-8-29-16-15(13)22-10-23-19(16)21/h8,10,14,17-18,26-27H,4-7,9H2,1-3H3,(H2,21,22,23)/p+1/t14-,17-,18+,20-/m1/s1. The second-order valence-electron chi connectivity index (χ2n) is 8.01. The van der Waals surface area contributed by atoms with Gasteiger partial charge < -0.3 is 25.1 Å². The number of hydrogen-bond donors (Lipinski definition) is 3. The highest BCUT2D eigenvalue weighted by Gasteiger charge is 2.59. The van der Waals surface area contributed by atoms with E-state index >= 15 is 0 Å². The fraction of sp³-hybridized carbons (Fsp3) is 0.600. The molecule has 0 aliphatic carbocycles. The molecule has 4 atom stereocenters. The van der Waals surface area contributed by atoms with Gasteiger partial charge in [-0.3, -0.25) is 23.2 Å². The molecule has 1 aliphatic rings. The Morgan fingerprint density at radius 3 is 2.39 bits per heavy atom. The van der Waals surface area contributed by atoms with Crippen LogP contribution in [-0.4, -0.2) is 84.3 Å². The molecule has 1 fully saturated rings. The van der Waals surface area contributed by atoms with Crippen LogP contribution in [-0.2, 0) is 27.7 Å². The number of nitrogen functional groups attached to an aromatic ring is 1. The molecule has 0 unspecified atom stereocenters. The summed E-state index contributed by atoms with van der Waals surface area (Å²) in [4.78, 5) is 30.3. The zero-order valence-electron chi connectivity index (χ0n) is 19.9. The van der Waals surface area contributed by atoms with Crippen molar-refractivity contribution in [3.05, 3.63) is 18.2 Å².